The Hall–Kier alpha value is -2.69. The van der Waals surface area contributed by atoms with Crippen LogP contribution in [0, 0.1) is 18.3 Å². The van der Waals surface area contributed by atoms with Crippen LogP contribution in [0.5, 0.6) is 0 Å². The molecule has 0 aliphatic heterocycles. The summed E-state index contributed by atoms with van der Waals surface area (Å²) in [4.78, 5) is 16.9. The molecule has 8 heteroatoms. The molecule has 1 aromatic carbocycles. The molecule has 2 heterocycles. The Morgan fingerprint density at radius 1 is 1.43 bits per heavy atom. The topological polar surface area (TPSA) is 91.8 Å². The first-order valence-electron chi connectivity index (χ1n) is 6.48. The number of benzene rings is 1. The van der Waals surface area contributed by atoms with Crippen LogP contribution in [0.3, 0.4) is 0 Å². The molecule has 0 fully saturated rings. The van der Waals surface area contributed by atoms with Crippen molar-refractivity contribution in [2.24, 2.45) is 0 Å². The first-order chi connectivity index (χ1) is 11.1. The summed E-state index contributed by atoms with van der Waals surface area (Å²) >= 11 is 7.26. The Balaban J connectivity index is 1.97. The van der Waals surface area contributed by atoms with Crippen LogP contribution in [0.2, 0.25) is 5.02 Å². The molecule has 23 heavy (non-hydrogen) atoms. The molecule has 2 aromatic heterocycles. The van der Waals surface area contributed by atoms with E-state index in [-0.39, 0.29) is 5.56 Å². The van der Waals surface area contributed by atoms with Crippen molar-refractivity contribution in [1.82, 2.24) is 10.1 Å². The van der Waals surface area contributed by atoms with Crippen molar-refractivity contribution in [3.63, 3.8) is 0 Å². The van der Waals surface area contributed by atoms with Crippen LogP contribution < -0.4 is 5.32 Å². The van der Waals surface area contributed by atoms with Crippen LogP contribution in [0.15, 0.2) is 35.0 Å². The Kier molecular flexibility index (Phi) is 4.10. The van der Waals surface area contributed by atoms with E-state index in [1.165, 1.54) is 6.20 Å². The van der Waals surface area contributed by atoms with Gasteiger partial charge in [-0.3, -0.25) is 10.1 Å². The molecule has 0 unspecified atom stereocenters. The molecule has 0 spiro atoms. The molecule has 0 atom stereocenters. The number of aryl methyl sites for hydroxylation is 1. The molecule has 0 bridgehead atoms. The Labute approximate surface area is 140 Å². The highest BCUT2D eigenvalue weighted by molar-refractivity contribution is 7.16. The minimum atomic E-state index is -0.419. The second-order valence-electron chi connectivity index (χ2n) is 4.54. The quantitative estimate of drug-likeness (QED) is 0.778. The predicted octanol–water partition coefficient (Wildman–Crippen LogP) is 3.88. The van der Waals surface area contributed by atoms with Gasteiger partial charge in [-0.15, -0.1) is 0 Å². The maximum Gasteiger partial charge on any atom is 0.263 e. The fourth-order valence-electron chi connectivity index (χ4n) is 2.02. The van der Waals surface area contributed by atoms with Gasteiger partial charge in [-0.25, -0.2) is 4.98 Å². The van der Waals surface area contributed by atoms with E-state index in [0.29, 0.717) is 32.0 Å². The number of nitriles is 1. The number of thiazole rings is 1. The minimum absolute atomic E-state index is 0.284. The Morgan fingerprint density at radius 3 is 2.91 bits per heavy atom. The lowest BCUT2D eigenvalue weighted by Crippen LogP contribution is -2.13. The number of nitrogens with zero attached hydrogens (tertiary/aromatic N) is 3. The summed E-state index contributed by atoms with van der Waals surface area (Å²) in [6.45, 7) is 1.64. The maximum atomic E-state index is 12.5. The molecule has 6 nitrogen and oxygen atoms in total. The second kappa shape index (κ2) is 6.20. The van der Waals surface area contributed by atoms with E-state index in [0.717, 1.165) is 11.3 Å². The largest absolute Gasteiger partial charge is 0.360 e. The highest BCUT2D eigenvalue weighted by Crippen LogP contribution is 2.31. The summed E-state index contributed by atoms with van der Waals surface area (Å²) < 4.78 is 5.15. The summed E-state index contributed by atoms with van der Waals surface area (Å²) in [5.41, 5.74) is 1.25. The van der Waals surface area contributed by atoms with Gasteiger partial charge < -0.3 is 4.52 Å². The van der Waals surface area contributed by atoms with Crippen molar-refractivity contribution in [1.29, 1.82) is 5.26 Å². The van der Waals surface area contributed by atoms with Gasteiger partial charge in [-0.05, 0) is 13.0 Å². The third-order valence-corrected chi connectivity index (χ3v) is 4.20. The normalized spacial score (nSPS) is 10.3. The number of halogens is 1. The molecule has 1 amide bonds. The van der Waals surface area contributed by atoms with E-state index in [4.69, 9.17) is 21.4 Å². The number of aromatic nitrogens is 2. The van der Waals surface area contributed by atoms with Crippen LogP contribution in [0.4, 0.5) is 5.13 Å². The number of amides is 1. The van der Waals surface area contributed by atoms with E-state index in [2.05, 4.69) is 15.5 Å². The summed E-state index contributed by atoms with van der Waals surface area (Å²) in [5, 5.41) is 16.2. The molecule has 0 saturated carbocycles. The van der Waals surface area contributed by atoms with Gasteiger partial charge in [-0.1, -0.05) is 46.3 Å². The first-order valence-corrected chi connectivity index (χ1v) is 7.68. The monoisotopic (exact) mass is 344 g/mol. The zero-order valence-corrected chi connectivity index (χ0v) is 13.4. The molecule has 3 aromatic rings. The van der Waals surface area contributed by atoms with Gasteiger partial charge in [0, 0.05) is 5.56 Å². The van der Waals surface area contributed by atoms with Crippen molar-refractivity contribution in [3.05, 3.63) is 51.7 Å². The molecule has 1 N–H and O–H groups in total. The molecule has 0 aliphatic rings. The number of rotatable bonds is 3. The third-order valence-electron chi connectivity index (χ3n) is 3.06. The van der Waals surface area contributed by atoms with Gasteiger partial charge in [0.15, 0.2) is 5.13 Å². The van der Waals surface area contributed by atoms with Gasteiger partial charge >= 0.3 is 0 Å². The number of hydrogen-bond acceptors (Lipinski definition) is 6. The Morgan fingerprint density at radius 2 is 2.22 bits per heavy atom. The second-order valence-corrected chi connectivity index (χ2v) is 5.98. The minimum Gasteiger partial charge on any atom is -0.360 e. The number of carbonyl (C=O) groups is 1. The molecule has 0 radical (unpaired) electrons. The van der Waals surface area contributed by atoms with Crippen molar-refractivity contribution < 1.29 is 9.32 Å². The van der Waals surface area contributed by atoms with Gasteiger partial charge in [0.05, 0.1) is 11.2 Å². The van der Waals surface area contributed by atoms with Gasteiger partial charge in [0.2, 0.25) is 0 Å². The van der Waals surface area contributed by atoms with E-state index in [1.807, 2.05) is 6.07 Å². The lowest BCUT2D eigenvalue weighted by Gasteiger charge is -2.04. The molecule has 3 rings (SSSR count). The molecule has 0 saturated heterocycles. The van der Waals surface area contributed by atoms with Crippen LogP contribution in [-0.4, -0.2) is 16.0 Å². The van der Waals surface area contributed by atoms with Crippen molar-refractivity contribution in [2.45, 2.75) is 6.92 Å². The molecular formula is C15H9ClN4O2S. The molecular weight excluding hydrogens is 336 g/mol. The third kappa shape index (κ3) is 2.95. The van der Waals surface area contributed by atoms with Crippen LogP contribution in [0.25, 0.3) is 11.3 Å². The highest BCUT2D eigenvalue weighted by Gasteiger charge is 2.23. The van der Waals surface area contributed by atoms with Crippen LogP contribution >= 0.6 is 22.9 Å². The summed E-state index contributed by atoms with van der Waals surface area (Å²) in [5.74, 6) is -0.0491. The fraction of sp³-hybridized carbons (Fsp3) is 0.0667. The number of anilines is 1. The number of hydrogen-bond donors (Lipinski definition) is 1. The lowest BCUT2D eigenvalue weighted by molar-refractivity contribution is 0.102. The van der Waals surface area contributed by atoms with E-state index in [9.17, 15) is 4.79 Å². The van der Waals surface area contributed by atoms with Crippen molar-refractivity contribution in [2.75, 3.05) is 5.32 Å². The molecule has 0 aliphatic carbocycles. The van der Waals surface area contributed by atoms with E-state index in [1.54, 1.807) is 31.2 Å². The Bertz CT molecular complexity index is 926. The summed E-state index contributed by atoms with van der Waals surface area (Å²) in [6, 6.07) is 9.02. The zero-order valence-electron chi connectivity index (χ0n) is 11.8. The maximum absolute atomic E-state index is 12.5. The number of nitrogens with one attached hydrogen (secondary N) is 1. The molecule has 114 valence electrons. The lowest BCUT2D eigenvalue weighted by atomic mass is 10.1. The van der Waals surface area contributed by atoms with Crippen LogP contribution in [0.1, 0.15) is 21.0 Å². The van der Waals surface area contributed by atoms with Gasteiger partial charge in [0.1, 0.15) is 28.0 Å². The van der Waals surface area contributed by atoms with Gasteiger partial charge in [-0.2, -0.15) is 5.26 Å². The standard InChI is InChI=1S/C15H9ClN4O2S/c1-8-12(14(21)19-15-18-7-9(6-17)23-15)13(20-22-8)10-4-2-3-5-11(10)16/h2-5,7H,1H3,(H,18,19,21). The smallest absolute Gasteiger partial charge is 0.263 e. The highest BCUT2D eigenvalue weighted by atomic mass is 35.5. The number of carbonyl (C=O) groups excluding carboxylic acids is 1. The van der Waals surface area contributed by atoms with E-state index >= 15 is 0 Å². The zero-order chi connectivity index (χ0) is 16.4. The summed E-state index contributed by atoms with van der Waals surface area (Å²) in [7, 11) is 0. The van der Waals surface area contributed by atoms with Gasteiger partial charge in [0.25, 0.3) is 5.91 Å². The average Bonchev–Trinajstić information content (AvgIpc) is 3.14. The average molecular weight is 345 g/mol. The predicted molar refractivity (Wildman–Crippen MR) is 86.5 cm³/mol. The van der Waals surface area contributed by atoms with Crippen molar-refractivity contribution in [3.8, 4) is 17.3 Å². The summed E-state index contributed by atoms with van der Waals surface area (Å²) in [6.07, 6.45) is 1.40. The SMILES string of the molecule is Cc1onc(-c2ccccc2Cl)c1C(=O)Nc1ncc(C#N)s1. The van der Waals surface area contributed by atoms with E-state index < -0.39 is 5.91 Å². The van der Waals surface area contributed by atoms with Crippen molar-refractivity contribution >= 4 is 34.0 Å². The van der Waals surface area contributed by atoms with Crippen LogP contribution in [-0.2, 0) is 0 Å². The first kappa shape index (κ1) is 15.2. The fourth-order valence-corrected chi connectivity index (χ4v) is 2.85.